The van der Waals surface area contributed by atoms with Gasteiger partial charge in [0.2, 0.25) is 0 Å². The summed E-state index contributed by atoms with van der Waals surface area (Å²) in [4.78, 5) is 10.8. The van der Waals surface area contributed by atoms with E-state index in [2.05, 4.69) is 0 Å². The fraction of sp³-hybridized carbons (Fsp3) is 0.600. The van der Waals surface area contributed by atoms with Gasteiger partial charge in [-0.15, -0.1) is 0 Å². The summed E-state index contributed by atoms with van der Waals surface area (Å²) in [6, 6.07) is -0.292. The quantitative estimate of drug-likeness (QED) is 0.265. The molecule has 0 radical (unpaired) electrons. The lowest BCUT2D eigenvalue weighted by Crippen LogP contribution is -2.58. The number of nitrogens with one attached hydrogen (secondary N) is 1. The van der Waals surface area contributed by atoms with Crippen LogP contribution in [0.3, 0.4) is 0 Å². The van der Waals surface area contributed by atoms with E-state index in [1.807, 2.05) is 5.32 Å². The second-order valence-electron chi connectivity index (χ2n) is 2.14. The molecule has 10 heavy (non-hydrogen) atoms. The average Bonchev–Trinajstić information content (AvgIpc) is 1.85. The third kappa shape index (κ3) is 1.07. The Balaban J connectivity index is 2.36. The van der Waals surface area contributed by atoms with E-state index in [-0.39, 0.29) is 11.9 Å². The van der Waals surface area contributed by atoms with Crippen molar-refractivity contribution in [2.45, 2.75) is 12.5 Å². The number of hydrazine groups is 1. The Morgan fingerprint density at radius 1 is 1.90 bits per heavy atom. The van der Waals surface area contributed by atoms with Crippen molar-refractivity contribution in [2.24, 2.45) is 5.84 Å². The first-order valence-corrected chi connectivity index (χ1v) is 2.96. The van der Waals surface area contributed by atoms with Gasteiger partial charge in [-0.2, -0.15) is 5.26 Å². The molecule has 0 bridgehead atoms. The van der Waals surface area contributed by atoms with E-state index >= 15 is 0 Å². The average molecular weight is 140 g/mol. The van der Waals surface area contributed by atoms with Crippen LogP contribution in [0.1, 0.15) is 6.42 Å². The van der Waals surface area contributed by atoms with Crippen molar-refractivity contribution in [1.29, 1.82) is 5.26 Å². The maximum atomic E-state index is 10.8. The number of nitrogens with zero attached hydrogens (tertiary/aromatic N) is 2. The second-order valence-corrected chi connectivity index (χ2v) is 2.14. The van der Waals surface area contributed by atoms with Crippen molar-refractivity contribution in [1.82, 2.24) is 10.3 Å². The summed E-state index contributed by atoms with van der Waals surface area (Å²) in [5.74, 6) is 5.01. The van der Waals surface area contributed by atoms with Crippen molar-refractivity contribution in [3.63, 3.8) is 0 Å². The van der Waals surface area contributed by atoms with Gasteiger partial charge in [0.05, 0.1) is 0 Å². The number of nitriles is 1. The van der Waals surface area contributed by atoms with Crippen molar-refractivity contribution in [2.75, 3.05) is 6.54 Å². The Morgan fingerprint density at radius 3 is 2.90 bits per heavy atom. The van der Waals surface area contributed by atoms with Gasteiger partial charge in [0.25, 0.3) is 5.91 Å². The minimum atomic E-state index is -0.309. The fourth-order valence-electron chi connectivity index (χ4n) is 0.827. The number of hydrogen-bond donors (Lipinski definition) is 2. The van der Waals surface area contributed by atoms with Crippen LogP contribution < -0.4 is 11.2 Å². The van der Waals surface area contributed by atoms with Gasteiger partial charge in [0.1, 0.15) is 6.04 Å². The molecule has 1 fully saturated rings. The molecule has 0 aromatic rings. The maximum absolute atomic E-state index is 10.8. The molecule has 0 aliphatic carbocycles. The molecule has 5 heteroatoms. The first-order chi connectivity index (χ1) is 4.75. The van der Waals surface area contributed by atoms with Gasteiger partial charge < -0.3 is 0 Å². The molecule has 1 aliphatic heterocycles. The number of amides is 1. The largest absolute Gasteiger partial charge is 0.272 e. The summed E-state index contributed by atoms with van der Waals surface area (Å²) in [6.45, 7) is 0.726. The fourth-order valence-corrected chi connectivity index (χ4v) is 0.827. The highest BCUT2D eigenvalue weighted by atomic mass is 16.2. The molecule has 1 atom stereocenters. The predicted molar refractivity (Wildman–Crippen MR) is 33.1 cm³/mol. The number of carbonyl (C=O) groups excluding carboxylic acids is 1. The lowest BCUT2D eigenvalue weighted by molar-refractivity contribution is -0.129. The topological polar surface area (TPSA) is 82.2 Å². The van der Waals surface area contributed by atoms with Gasteiger partial charge in [-0.1, -0.05) is 0 Å². The molecule has 0 spiro atoms. The smallest absolute Gasteiger partial charge is 0.251 e. The van der Waals surface area contributed by atoms with E-state index in [0.29, 0.717) is 0 Å². The maximum Gasteiger partial charge on any atom is 0.251 e. The number of carbonyl (C=O) groups is 1. The molecule has 0 aromatic carbocycles. The van der Waals surface area contributed by atoms with Crippen LogP contribution in [0.2, 0.25) is 0 Å². The molecule has 0 unspecified atom stereocenters. The minimum Gasteiger partial charge on any atom is -0.272 e. The van der Waals surface area contributed by atoms with Crippen molar-refractivity contribution in [3.8, 4) is 6.19 Å². The molecule has 5 nitrogen and oxygen atoms in total. The third-order valence-corrected chi connectivity index (χ3v) is 1.54. The predicted octanol–water partition coefficient (Wildman–Crippen LogP) is -1.47. The molecular formula is C5H8N4O. The zero-order valence-corrected chi connectivity index (χ0v) is 5.37. The first-order valence-electron chi connectivity index (χ1n) is 2.96. The van der Waals surface area contributed by atoms with E-state index in [1.54, 1.807) is 6.19 Å². The Kier molecular flexibility index (Phi) is 1.85. The normalized spacial score (nSPS) is 24.6. The Morgan fingerprint density at radius 2 is 2.60 bits per heavy atom. The Bertz CT molecular complexity index is 185. The first kappa shape index (κ1) is 6.99. The monoisotopic (exact) mass is 140 g/mol. The van der Waals surface area contributed by atoms with Crippen molar-refractivity contribution >= 4 is 5.91 Å². The molecule has 54 valence electrons. The van der Waals surface area contributed by atoms with Crippen molar-refractivity contribution in [3.05, 3.63) is 0 Å². The lowest BCUT2D eigenvalue weighted by atomic mass is 10.1. The van der Waals surface area contributed by atoms with Gasteiger partial charge in [-0.3, -0.25) is 16.0 Å². The van der Waals surface area contributed by atoms with Gasteiger partial charge >= 0.3 is 0 Å². The van der Waals surface area contributed by atoms with E-state index < -0.39 is 0 Å². The zero-order valence-electron chi connectivity index (χ0n) is 5.37. The Labute approximate surface area is 58.4 Å². The van der Waals surface area contributed by atoms with E-state index in [0.717, 1.165) is 13.0 Å². The number of rotatable bonds is 1. The van der Waals surface area contributed by atoms with Crippen LogP contribution in [0, 0.1) is 11.5 Å². The van der Waals surface area contributed by atoms with Gasteiger partial charge in [0, 0.05) is 6.54 Å². The van der Waals surface area contributed by atoms with Crippen LogP contribution in [0.15, 0.2) is 0 Å². The van der Waals surface area contributed by atoms with Crippen LogP contribution in [0.4, 0.5) is 0 Å². The van der Waals surface area contributed by atoms with Crippen LogP contribution >= 0.6 is 0 Å². The molecule has 1 amide bonds. The summed E-state index contributed by atoms with van der Waals surface area (Å²) < 4.78 is 0. The minimum absolute atomic E-state index is 0.292. The van der Waals surface area contributed by atoms with Crippen LogP contribution in [0.25, 0.3) is 0 Å². The summed E-state index contributed by atoms with van der Waals surface area (Å²) in [7, 11) is 0. The molecule has 0 saturated carbocycles. The van der Waals surface area contributed by atoms with E-state index in [1.165, 1.54) is 5.01 Å². The SMILES string of the molecule is N#CNC(=O)[C@@H]1CCN1N. The highest BCUT2D eigenvalue weighted by molar-refractivity contribution is 5.83. The standard InChI is InChI=1S/C5H8N4O/c6-3-8-5(10)4-1-2-9(4)7/h4H,1-2,7H2,(H,8,10)/t4-/m0/s1. The molecule has 0 aromatic heterocycles. The summed E-state index contributed by atoms with van der Waals surface area (Å²) >= 11 is 0. The van der Waals surface area contributed by atoms with Crippen molar-refractivity contribution < 1.29 is 4.79 Å². The third-order valence-electron chi connectivity index (χ3n) is 1.54. The summed E-state index contributed by atoms with van der Waals surface area (Å²) in [5.41, 5.74) is 0. The van der Waals surface area contributed by atoms with Crippen LogP contribution in [-0.2, 0) is 4.79 Å². The number of hydrogen-bond acceptors (Lipinski definition) is 4. The highest BCUT2D eigenvalue weighted by Gasteiger charge is 2.31. The number of nitrogens with two attached hydrogens (primary N) is 1. The highest BCUT2D eigenvalue weighted by Crippen LogP contribution is 2.11. The molecular weight excluding hydrogens is 132 g/mol. The summed E-state index contributed by atoms with van der Waals surface area (Å²) in [5, 5.41) is 11.5. The zero-order chi connectivity index (χ0) is 7.56. The van der Waals surface area contributed by atoms with E-state index in [9.17, 15) is 4.79 Å². The molecule has 1 rings (SSSR count). The second kappa shape index (κ2) is 2.64. The molecule has 1 aliphatic rings. The molecule has 3 N–H and O–H groups in total. The lowest BCUT2D eigenvalue weighted by Gasteiger charge is -2.34. The van der Waals surface area contributed by atoms with Gasteiger partial charge in [-0.05, 0) is 6.42 Å². The van der Waals surface area contributed by atoms with Crippen LogP contribution in [0.5, 0.6) is 0 Å². The molecule has 1 saturated heterocycles. The van der Waals surface area contributed by atoms with Crippen LogP contribution in [-0.4, -0.2) is 23.5 Å². The summed E-state index contributed by atoms with van der Waals surface area (Å²) in [6.07, 6.45) is 2.30. The Hall–Kier alpha value is -1.12. The van der Waals surface area contributed by atoms with E-state index in [4.69, 9.17) is 11.1 Å². The van der Waals surface area contributed by atoms with Gasteiger partial charge in [0.15, 0.2) is 6.19 Å². The molecule has 1 heterocycles. The van der Waals surface area contributed by atoms with Gasteiger partial charge in [-0.25, -0.2) is 5.01 Å².